The van der Waals surface area contributed by atoms with E-state index in [0.717, 1.165) is 12.4 Å². The maximum Gasteiger partial charge on any atom is 0.418 e. The summed E-state index contributed by atoms with van der Waals surface area (Å²) in [6, 6.07) is 2.06. The van der Waals surface area contributed by atoms with Crippen LogP contribution < -0.4 is 5.32 Å². The minimum atomic E-state index is -4.55. The van der Waals surface area contributed by atoms with Crippen LogP contribution in [-0.2, 0) is 6.18 Å². The Balaban J connectivity index is 1.77. The summed E-state index contributed by atoms with van der Waals surface area (Å²) in [5, 5.41) is 11.4. The third kappa shape index (κ3) is 3.75. The molecule has 0 aliphatic heterocycles. The van der Waals surface area contributed by atoms with E-state index < -0.39 is 17.8 Å². The second-order valence-corrected chi connectivity index (χ2v) is 6.93. The molecule has 1 unspecified atom stereocenters. The molecule has 0 amide bonds. The summed E-state index contributed by atoms with van der Waals surface area (Å²) in [5.41, 5.74) is -0.541. The fraction of sp³-hybridized carbons (Fsp3) is 0.176. The fourth-order valence-electron chi connectivity index (χ4n) is 2.86. The molecule has 0 bridgehead atoms. The summed E-state index contributed by atoms with van der Waals surface area (Å²) in [7, 11) is 0. The van der Waals surface area contributed by atoms with Gasteiger partial charge in [0.2, 0.25) is 0 Å². The van der Waals surface area contributed by atoms with Crippen LogP contribution in [0, 0.1) is 0 Å². The minimum absolute atomic E-state index is 0.196. The van der Waals surface area contributed by atoms with Gasteiger partial charge in [-0.25, -0.2) is 15.0 Å². The Morgan fingerprint density at radius 3 is 2.45 bits per heavy atom. The summed E-state index contributed by atoms with van der Waals surface area (Å²) in [4.78, 5) is 17.9. The standard InChI is InChI=1S/C17H12BrF3N8/c1-9(13-16(23-3-2-22-13)29-26-4-5-27-29)28-15-11-6-10(18)7-12(17(19,20)21)14(11)24-8-25-15/h2-9H,1H3,(H,24,25,28). The Bertz CT molecular complexity index is 1160. The molecule has 8 nitrogen and oxygen atoms in total. The first kappa shape index (κ1) is 19.2. The molecule has 4 rings (SSSR count). The van der Waals surface area contributed by atoms with Crippen molar-refractivity contribution >= 4 is 32.7 Å². The van der Waals surface area contributed by atoms with Gasteiger partial charge in [-0.15, -0.1) is 4.80 Å². The number of anilines is 1. The predicted octanol–water partition coefficient (Wildman–Crippen LogP) is 3.95. The van der Waals surface area contributed by atoms with Crippen molar-refractivity contribution < 1.29 is 13.2 Å². The highest BCUT2D eigenvalue weighted by Crippen LogP contribution is 2.38. The van der Waals surface area contributed by atoms with Crippen molar-refractivity contribution in [3.8, 4) is 5.82 Å². The molecule has 3 aromatic heterocycles. The lowest BCUT2D eigenvalue weighted by Gasteiger charge is -2.18. The number of benzene rings is 1. The fourth-order valence-corrected chi connectivity index (χ4v) is 3.32. The van der Waals surface area contributed by atoms with Crippen LogP contribution >= 0.6 is 15.9 Å². The maximum atomic E-state index is 13.4. The summed E-state index contributed by atoms with van der Waals surface area (Å²) in [6.45, 7) is 1.79. The molecule has 148 valence electrons. The van der Waals surface area contributed by atoms with E-state index in [1.165, 1.54) is 35.7 Å². The van der Waals surface area contributed by atoms with Gasteiger partial charge in [-0.1, -0.05) is 15.9 Å². The van der Waals surface area contributed by atoms with E-state index in [2.05, 4.69) is 51.4 Å². The van der Waals surface area contributed by atoms with Gasteiger partial charge >= 0.3 is 6.18 Å². The largest absolute Gasteiger partial charge is 0.418 e. The van der Waals surface area contributed by atoms with Crippen molar-refractivity contribution in [2.75, 3.05) is 5.32 Å². The zero-order valence-electron chi connectivity index (χ0n) is 14.8. The van der Waals surface area contributed by atoms with Gasteiger partial charge in [0.05, 0.1) is 29.5 Å². The second kappa shape index (κ2) is 7.35. The molecule has 1 aromatic carbocycles. The summed E-state index contributed by atoms with van der Waals surface area (Å²) in [5.74, 6) is 0.632. The molecular formula is C17H12BrF3N8. The molecule has 0 saturated carbocycles. The van der Waals surface area contributed by atoms with E-state index in [1.54, 1.807) is 6.92 Å². The van der Waals surface area contributed by atoms with Gasteiger partial charge in [0, 0.05) is 22.3 Å². The highest BCUT2D eigenvalue weighted by Gasteiger charge is 2.34. The van der Waals surface area contributed by atoms with Crippen LogP contribution in [0.2, 0.25) is 0 Å². The van der Waals surface area contributed by atoms with Crippen molar-refractivity contribution in [3.05, 3.63) is 59.0 Å². The first-order chi connectivity index (χ1) is 13.8. The molecule has 3 heterocycles. The molecule has 12 heteroatoms. The number of nitrogens with zero attached hydrogens (tertiary/aromatic N) is 7. The first-order valence-electron chi connectivity index (χ1n) is 8.30. The van der Waals surface area contributed by atoms with E-state index in [4.69, 9.17) is 0 Å². The molecule has 1 atom stereocenters. The van der Waals surface area contributed by atoms with Gasteiger partial charge < -0.3 is 5.32 Å². The number of fused-ring (bicyclic) bond motifs is 1. The Morgan fingerprint density at radius 2 is 1.72 bits per heavy atom. The van der Waals surface area contributed by atoms with E-state index in [-0.39, 0.29) is 21.2 Å². The maximum absolute atomic E-state index is 13.4. The number of rotatable bonds is 4. The lowest BCUT2D eigenvalue weighted by molar-refractivity contribution is -0.136. The SMILES string of the molecule is CC(Nc1ncnc2c(C(F)(F)F)cc(Br)cc12)c1nccnc1-n1nccn1. The summed E-state index contributed by atoms with van der Waals surface area (Å²) < 4.78 is 40.6. The molecule has 0 saturated heterocycles. The molecule has 1 N–H and O–H groups in total. The van der Waals surface area contributed by atoms with Gasteiger partial charge in [0.25, 0.3) is 0 Å². The van der Waals surface area contributed by atoms with Crippen molar-refractivity contribution in [2.24, 2.45) is 0 Å². The number of hydrogen-bond acceptors (Lipinski definition) is 7. The Morgan fingerprint density at radius 1 is 1.00 bits per heavy atom. The third-order valence-electron chi connectivity index (χ3n) is 4.09. The van der Waals surface area contributed by atoms with Crippen LogP contribution in [0.15, 0.2) is 47.7 Å². The van der Waals surface area contributed by atoms with Gasteiger partial charge in [0.15, 0.2) is 5.82 Å². The molecule has 0 aliphatic rings. The molecule has 29 heavy (non-hydrogen) atoms. The molecule has 0 aliphatic carbocycles. The van der Waals surface area contributed by atoms with Gasteiger partial charge in [0.1, 0.15) is 17.8 Å². The van der Waals surface area contributed by atoms with Crippen LogP contribution in [0.4, 0.5) is 19.0 Å². The molecule has 0 spiro atoms. The number of aromatic nitrogens is 7. The normalized spacial score (nSPS) is 12.9. The molecule has 0 radical (unpaired) electrons. The van der Waals surface area contributed by atoms with Gasteiger partial charge in [-0.05, 0) is 19.1 Å². The molecular weight excluding hydrogens is 453 g/mol. The summed E-state index contributed by atoms with van der Waals surface area (Å²) in [6.07, 6.45) is 2.56. The van der Waals surface area contributed by atoms with Crippen molar-refractivity contribution in [1.82, 2.24) is 34.9 Å². The van der Waals surface area contributed by atoms with E-state index in [0.29, 0.717) is 11.5 Å². The van der Waals surface area contributed by atoms with E-state index in [1.807, 2.05) is 0 Å². The highest BCUT2D eigenvalue weighted by molar-refractivity contribution is 9.10. The lowest BCUT2D eigenvalue weighted by atomic mass is 10.1. The third-order valence-corrected chi connectivity index (χ3v) is 4.54. The van der Waals surface area contributed by atoms with E-state index >= 15 is 0 Å². The first-order valence-corrected chi connectivity index (χ1v) is 9.09. The Labute approximate surface area is 170 Å². The van der Waals surface area contributed by atoms with Crippen molar-refractivity contribution in [2.45, 2.75) is 19.1 Å². The number of nitrogens with one attached hydrogen (secondary N) is 1. The average molecular weight is 465 g/mol. The van der Waals surface area contributed by atoms with Gasteiger partial charge in [-0.2, -0.15) is 23.4 Å². The zero-order valence-corrected chi connectivity index (χ0v) is 16.3. The van der Waals surface area contributed by atoms with Crippen LogP contribution in [0.25, 0.3) is 16.7 Å². The molecule has 0 fully saturated rings. The Kier molecular flexibility index (Phi) is 4.86. The zero-order chi connectivity index (χ0) is 20.6. The topological polar surface area (TPSA) is 94.3 Å². The highest BCUT2D eigenvalue weighted by atomic mass is 79.9. The number of hydrogen-bond donors (Lipinski definition) is 1. The summed E-state index contributed by atoms with van der Waals surface area (Å²) >= 11 is 3.13. The number of alkyl halides is 3. The van der Waals surface area contributed by atoms with Crippen LogP contribution in [0.1, 0.15) is 24.2 Å². The predicted molar refractivity (Wildman–Crippen MR) is 101 cm³/mol. The minimum Gasteiger partial charge on any atom is -0.361 e. The number of halogens is 4. The molecule has 4 aromatic rings. The quantitative estimate of drug-likeness (QED) is 0.488. The lowest BCUT2D eigenvalue weighted by Crippen LogP contribution is -2.16. The van der Waals surface area contributed by atoms with Crippen LogP contribution in [0.5, 0.6) is 0 Å². The smallest absolute Gasteiger partial charge is 0.361 e. The Hall–Kier alpha value is -3.15. The second-order valence-electron chi connectivity index (χ2n) is 6.02. The van der Waals surface area contributed by atoms with Crippen LogP contribution in [0.3, 0.4) is 0 Å². The van der Waals surface area contributed by atoms with E-state index in [9.17, 15) is 13.2 Å². The monoisotopic (exact) mass is 464 g/mol. The average Bonchev–Trinajstić information content (AvgIpc) is 3.22. The van der Waals surface area contributed by atoms with Crippen molar-refractivity contribution in [1.29, 1.82) is 0 Å². The van der Waals surface area contributed by atoms with Crippen LogP contribution in [-0.4, -0.2) is 34.9 Å². The van der Waals surface area contributed by atoms with Gasteiger partial charge in [-0.3, -0.25) is 4.98 Å². The van der Waals surface area contributed by atoms with Crippen molar-refractivity contribution in [3.63, 3.8) is 0 Å².